The molecule has 2 unspecified atom stereocenters. The lowest BCUT2D eigenvalue weighted by molar-refractivity contribution is 0.0917. The fourth-order valence-corrected chi connectivity index (χ4v) is 2.80. The van der Waals surface area contributed by atoms with Crippen molar-refractivity contribution in [3.63, 3.8) is 0 Å². The SMILES string of the molecule is Cc1nc(-c2cccc(C(=O)NCC3CCCC3O)c2)no1. The van der Waals surface area contributed by atoms with Gasteiger partial charge in [-0.1, -0.05) is 23.7 Å². The van der Waals surface area contributed by atoms with Gasteiger partial charge < -0.3 is 14.9 Å². The molecule has 6 heteroatoms. The number of amides is 1. The van der Waals surface area contributed by atoms with E-state index in [1.165, 1.54) is 0 Å². The van der Waals surface area contributed by atoms with Crippen LogP contribution in [0.15, 0.2) is 28.8 Å². The molecule has 2 N–H and O–H groups in total. The Kier molecular flexibility index (Phi) is 4.20. The number of aryl methyl sites for hydroxylation is 1. The van der Waals surface area contributed by atoms with Gasteiger partial charge in [0.2, 0.25) is 11.7 Å². The number of rotatable bonds is 4. The van der Waals surface area contributed by atoms with Crippen molar-refractivity contribution >= 4 is 5.91 Å². The molecule has 1 saturated carbocycles. The Morgan fingerprint density at radius 1 is 1.45 bits per heavy atom. The summed E-state index contributed by atoms with van der Waals surface area (Å²) >= 11 is 0. The summed E-state index contributed by atoms with van der Waals surface area (Å²) in [5, 5.41) is 16.5. The van der Waals surface area contributed by atoms with E-state index in [0.29, 0.717) is 23.8 Å². The van der Waals surface area contributed by atoms with Gasteiger partial charge in [0.25, 0.3) is 5.91 Å². The molecule has 0 bridgehead atoms. The average Bonchev–Trinajstić information content (AvgIpc) is 3.13. The van der Waals surface area contributed by atoms with Gasteiger partial charge in [-0.2, -0.15) is 4.98 Å². The Morgan fingerprint density at radius 3 is 3.00 bits per heavy atom. The van der Waals surface area contributed by atoms with Gasteiger partial charge in [0.05, 0.1) is 6.10 Å². The molecule has 1 aromatic carbocycles. The molecular formula is C16H19N3O3. The Morgan fingerprint density at radius 2 is 2.32 bits per heavy atom. The number of aliphatic hydroxyl groups is 1. The molecule has 2 aromatic rings. The number of hydrogen-bond donors (Lipinski definition) is 2. The summed E-state index contributed by atoms with van der Waals surface area (Å²) in [5.41, 5.74) is 1.29. The molecule has 1 amide bonds. The first-order valence-corrected chi connectivity index (χ1v) is 7.50. The molecule has 22 heavy (non-hydrogen) atoms. The summed E-state index contributed by atoms with van der Waals surface area (Å²) < 4.78 is 4.96. The van der Waals surface area contributed by atoms with E-state index in [-0.39, 0.29) is 17.9 Å². The summed E-state index contributed by atoms with van der Waals surface area (Å²) in [6, 6.07) is 7.11. The minimum atomic E-state index is -0.297. The second kappa shape index (κ2) is 6.27. The van der Waals surface area contributed by atoms with Gasteiger partial charge >= 0.3 is 0 Å². The number of carbonyl (C=O) groups excluding carboxylic acids is 1. The molecule has 1 aliphatic rings. The lowest BCUT2D eigenvalue weighted by Gasteiger charge is -2.15. The van der Waals surface area contributed by atoms with Crippen molar-refractivity contribution in [2.24, 2.45) is 5.92 Å². The first-order valence-electron chi connectivity index (χ1n) is 7.50. The van der Waals surface area contributed by atoms with E-state index in [4.69, 9.17) is 4.52 Å². The van der Waals surface area contributed by atoms with Crippen molar-refractivity contribution in [1.82, 2.24) is 15.5 Å². The first kappa shape index (κ1) is 14.7. The molecule has 116 valence electrons. The molecule has 0 radical (unpaired) electrons. The first-order chi connectivity index (χ1) is 10.6. The second-order valence-corrected chi connectivity index (χ2v) is 5.69. The molecule has 1 heterocycles. The monoisotopic (exact) mass is 301 g/mol. The van der Waals surface area contributed by atoms with E-state index in [9.17, 15) is 9.90 Å². The molecular weight excluding hydrogens is 282 g/mol. The van der Waals surface area contributed by atoms with Crippen LogP contribution in [0.4, 0.5) is 0 Å². The van der Waals surface area contributed by atoms with Crippen LogP contribution < -0.4 is 5.32 Å². The minimum absolute atomic E-state index is 0.152. The van der Waals surface area contributed by atoms with Gasteiger partial charge in [0.15, 0.2) is 0 Å². The number of hydrogen-bond acceptors (Lipinski definition) is 5. The lowest BCUT2D eigenvalue weighted by atomic mass is 10.1. The van der Waals surface area contributed by atoms with Gasteiger partial charge in [0, 0.05) is 30.5 Å². The number of aliphatic hydroxyl groups excluding tert-OH is 1. The van der Waals surface area contributed by atoms with Gasteiger partial charge in [-0.25, -0.2) is 0 Å². The number of nitrogens with zero attached hydrogens (tertiary/aromatic N) is 2. The Balaban J connectivity index is 1.67. The smallest absolute Gasteiger partial charge is 0.251 e. The maximum Gasteiger partial charge on any atom is 0.251 e. The summed E-state index contributed by atoms with van der Waals surface area (Å²) in [5.74, 6) is 0.964. The highest BCUT2D eigenvalue weighted by Crippen LogP contribution is 2.24. The molecule has 0 saturated heterocycles. The van der Waals surface area contributed by atoms with Crippen LogP contribution in [-0.4, -0.2) is 33.8 Å². The van der Waals surface area contributed by atoms with Gasteiger partial charge in [-0.3, -0.25) is 4.79 Å². The molecule has 3 rings (SSSR count). The molecule has 2 atom stereocenters. The lowest BCUT2D eigenvalue weighted by Crippen LogP contribution is -2.32. The second-order valence-electron chi connectivity index (χ2n) is 5.69. The highest BCUT2D eigenvalue weighted by molar-refractivity contribution is 5.95. The zero-order valence-corrected chi connectivity index (χ0v) is 12.5. The van der Waals surface area contributed by atoms with E-state index >= 15 is 0 Å². The average molecular weight is 301 g/mol. The quantitative estimate of drug-likeness (QED) is 0.901. The van der Waals surface area contributed by atoms with Crippen LogP contribution in [0.3, 0.4) is 0 Å². The zero-order valence-electron chi connectivity index (χ0n) is 12.5. The Bertz CT molecular complexity index is 668. The maximum atomic E-state index is 12.2. The molecule has 1 fully saturated rings. The number of benzene rings is 1. The van der Waals surface area contributed by atoms with E-state index in [0.717, 1.165) is 24.8 Å². The summed E-state index contributed by atoms with van der Waals surface area (Å²) in [6.07, 6.45) is 2.51. The van der Waals surface area contributed by atoms with E-state index in [2.05, 4.69) is 15.5 Å². The molecule has 1 aromatic heterocycles. The third kappa shape index (κ3) is 3.17. The van der Waals surface area contributed by atoms with Crippen LogP contribution in [0.2, 0.25) is 0 Å². The topological polar surface area (TPSA) is 88.2 Å². The molecule has 0 aliphatic heterocycles. The molecule has 0 spiro atoms. The van der Waals surface area contributed by atoms with Gasteiger partial charge in [0.1, 0.15) is 0 Å². The van der Waals surface area contributed by atoms with Gasteiger partial charge in [-0.15, -0.1) is 0 Å². The predicted octanol–water partition coefficient (Wildman–Crippen LogP) is 1.94. The van der Waals surface area contributed by atoms with Crippen molar-refractivity contribution in [2.45, 2.75) is 32.3 Å². The fourth-order valence-electron chi connectivity index (χ4n) is 2.80. The van der Waals surface area contributed by atoms with Crippen LogP contribution in [0.5, 0.6) is 0 Å². The van der Waals surface area contributed by atoms with Gasteiger partial charge in [-0.05, 0) is 25.0 Å². The third-order valence-corrected chi connectivity index (χ3v) is 4.05. The van der Waals surface area contributed by atoms with E-state index in [1.54, 1.807) is 25.1 Å². The number of aromatic nitrogens is 2. The molecule has 6 nitrogen and oxygen atoms in total. The Labute approximate surface area is 128 Å². The maximum absolute atomic E-state index is 12.2. The van der Waals surface area contributed by atoms with Crippen LogP contribution in [0.25, 0.3) is 11.4 Å². The van der Waals surface area contributed by atoms with Crippen LogP contribution >= 0.6 is 0 Å². The van der Waals surface area contributed by atoms with Crippen molar-refractivity contribution in [3.05, 3.63) is 35.7 Å². The standard InChI is InChI=1S/C16H19N3O3/c1-10-18-15(19-22-10)11-4-2-5-12(8-11)16(21)17-9-13-6-3-7-14(13)20/h2,4-5,8,13-14,20H,3,6-7,9H2,1H3,(H,17,21). The molecule has 1 aliphatic carbocycles. The predicted molar refractivity (Wildman–Crippen MR) is 80.2 cm³/mol. The fraction of sp³-hybridized carbons (Fsp3) is 0.438. The highest BCUT2D eigenvalue weighted by atomic mass is 16.5. The van der Waals surface area contributed by atoms with Crippen molar-refractivity contribution in [2.75, 3.05) is 6.54 Å². The van der Waals surface area contributed by atoms with Crippen LogP contribution in [0, 0.1) is 12.8 Å². The number of carbonyl (C=O) groups is 1. The van der Waals surface area contributed by atoms with Crippen LogP contribution in [-0.2, 0) is 0 Å². The van der Waals surface area contributed by atoms with E-state index < -0.39 is 0 Å². The van der Waals surface area contributed by atoms with Crippen molar-refractivity contribution in [1.29, 1.82) is 0 Å². The van der Waals surface area contributed by atoms with E-state index in [1.807, 2.05) is 6.07 Å². The normalized spacial score (nSPS) is 21.0. The zero-order chi connectivity index (χ0) is 15.5. The Hall–Kier alpha value is -2.21. The largest absolute Gasteiger partial charge is 0.393 e. The summed E-state index contributed by atoms with van der Waals surface area (Å²) in [7, 11) is 0. The number of nitrogens with one attached hydrogen (secondary N) is 1. The minimum Gasteiger partial charge on any atom is -0.393 e. The third-order valence-electron chi connectivity index (χ3n) is 4.05. The summed E-state index contributed by atoms with van der Waals surface area (Å²) in [6.45, 7) is 2.23. The highest BCUT2D eigenvalue weighted by Gasteiger charge is 2.25. The van der Waals surface area contributed by atoms with Crippen LogP contribution in [0.1, 0.15) is 35.5 Å². The van der Waals surface area contributed by atoms with Crippen molar-refractivity contribution < 1.29 is 14.4 Å². The summed E-state index contributed by atoms with van der Waals surface area (Å²) in [4.78, 5) is 16.4. The van der Waals surface area contributed by atoms with Crippen molar-refractivity contribution in [3.8, 4) is 11.4 Å².